The van der Waals surface area contributed by atoms with Crippen molar-refractivity contribution in [2.24, 2.45) is 0 Å². The van der Waals surface area contributed by atoms with E-state index in [2.05, 4.69) is 5.32 Å². The van der Waals surface area contributed by atoms with Crippen molar-refractivity contribution < 1.29 is 13.2 Å². The molecule has 5 nitrogen and oxygen atoms in total. The summed E-state index contributed by atoms with van der Waals surface area (Å²) in [6.45, 7) is 0.534. The molecule has 1 N–H and O–H groups in total. The quantitative estimate of drug-likeness (QED) is 0.556. The average molecular weight is 401 g/mol. The van der Waals surface area contributed by atoms with Crippen LogP contribution in [0, 0.1) is 0 Å². The second-order valence-corrected chi connectivity index (χ2v) is 11.2. The summed E-state index contributed by atoms with van der Waals surface area (Å²) in [4.78, 5) is 12.0. The number of hydrogen-bond donors (Lipinski definition) is 1. The first-order chi connectivity index (χ1) is 12.0. The zero-order valence-electron chi connectivity index (χ0n) is 14.1. The monoisotopic (exact) mass is 400 g/mol. The number of amides is 1. The molecule has 3 rings (SSSR count). The minimum Gasteiger partial charge on any atom is -0.326 e. The fourth-order valence-corrected chi connectivity index (χ4v) is 7.68. The number of anilines is 2. The normalized spacial score (nSPS) is 22.2. The van der Waals surface area contributed by atoms with Crippen LogP contribution in [-0.4, -0.2) is 37.6 Å². The molecular weight excluding hydrogens is 376 g/mol. The summed E-state index contributed by atoms with van der Waals surface area (Å²) in [5, 5.41) is 3.66. The van der Waals surface area contributed by atoms with Crippen molar-refractivity contribution in [1.82, 2.24) is 0 Å². The summed E-state index contributed by atoms with van der Waals surface area (Å²) in [5.74, 6) is 1.49. The van der Waals surface area contributed by atoms with Crippen molar-refractivity contribution in [3.05, 3.63) is 24.3 Å². The van der Waals surface area contributed by atoms with Gasteiger partial charge in [0.05, 0.1) is 11.4 Å². The molecule has 138 valence electrons. The molecule has 0 unspecified atom stereocenters. The Bertz CT molecular complexity index is 686. The van der Waals surface area contributed by atoms with Crippen molar-refractivity contribution in [1.29, 1.82) is 0 Å². The van der Waals surface area contributed by atoms with Gasteiger partial charge in [-0.1, -0.05) is 28.0 Å². The lowest BCUT2D eigenvalue weighted by molar-refractivity contribution is -0.116. The number of carbonyl (C=O) groups excluding carboxylic acids is 1. The Morgan fingerprint density at radius 2 is 2.04 bits per heavy atom. The number of nitrogens with one attached hydrogen (secondary N) is 1. The summed E-state index contributed by atoms with van der Waals surface area (Å²) in [5.41, 5.74) is 1.38. The Morgan fingerprint density at radius 1 is 1.24 bits per heavy atom. The largest absolute Gasteiger partial charge is 0.326 e. The lowest BCUT2D eigenvalue weighted by Gasteiger charge is -2.17. The molecule has 0 aromatic heterocycles. The number of nitrogens with zero attached hydrogens (tertiary/aromatic N) is 1. The van der Waals surface area contributed by atoms with Crippen molar-refractivity contribution in [3.8, 4) is 0 Å². The standard InChI is InChI=1S/C17H24N2O3S3/c20-17(5-2-1-4-16-10-12-23-24-16)18-14-6-8-15(9-7-14)19-11-3-13-25(19,21)22/h6-9,16H,1-5,10-13H2,(H,18,20)/t16-/m1/s1. The predicted molar refractivity (Wildman–Crippen MR) is 108 cm³/mol. The van der Waals surface area contributed by atoms with Crippen LogP contribution < -0.4 is 9.62 Å². The van der Waals surface area contributed by atoms with E-state index in [1.807, 2.05) is 21.6 Å². The maximum atomic E-state index is 12.0. The van der Waals surface area contributed by atoms with Crippen molar-refractivity contribution in [3.63, 3.8) is 0 Å². The Hall–Kier alpha value is -0.860. The van der Waals surface area contributed by atoms with E-state index in [1.54, 1.807) is 24.3 Å². The molecule has 0 bridgehead atoms. The number of rotatable bonds is 7. The van der Waals surface area contributed by atoms with Gasteiger partial charge in [0.15, 0.2) is 0 Å². The third-order valence-electron chi connectivity index (χ3n) is 4.45. The second kappa shape index (κ2) is 8.68. The molecular formula is C17H24N2O3S3. The Kier molecular flexibility index (Phi) is 6.57. The Balaban J connectivity index is 1.42. The smallest absolute Gasteiger partial charge is 0.235 e. The van der Waals surface area contributed by atoms with Crippen LogP contribution in [-0.2, 0) is 14.8 Å². The van der Waals surface area contributed by atoms with Crippen LogP contribution in [0.1, 0.15) is 38.5 Å². The van der Waals surface area contributed by atoms with E-state index in [-0.39, 0.29) is 11.7 Å². The molecule has 1 atom stereocenters. The van der Waals surface area contributed by atoms with Gasteiger partial charge in [-0.05, 0) is 49.9 Å². The van der Waals surface area contributed by atoms with Gasteiger partial charge < -0.3 is 5.32 Å². The minimum atomic E-state index is -3.16. The highest BCUT2D eigenvalue weighted by Crippen LogP contribution is 2.39. The summed E-state index contributed by atoms with van der Waals surface area (Å²) in [6.07, 6.45) is 5.70. The van der Waals surface area contributed by atoms with E-state index >= 15 is 0 Å². The number of sulfonamides is 1. The summed E-state index contributed by atoms with van der Waals surface area (Å²) in [6, 6.07) is 7.06. The molecule has 25 heavy (non-hydrogen) atoms. The molecule has 2 aliphatic rings. The van der Waals surface area contributed by atoms with Gasteiger partial charge in [-0.15, -0.1) is 0 Å². The van der Waals surface area contributed by atoms with Crippen LogP contribution in [0.4, 0.5) is 11.4 Å². The highest BCUT2D eigenvalue weighted by molar-refractivity contribution is 8.77. The first kappa shape index (κ1) is 18.9. The van der Waals surface area contributed by atoms with Crippen LogP contribution in [0.25, 0.3) is 0 Å². The van der Waals surface area contributed by atoms with E-state index in [9.17, 15) is 13.2 Å². The van der Waals surface area contributed by atoms with Crippen LogP contribution in [0.2, 0.25) is 0 Å². The Labute approximate surface area is 157 Å². The van der Waals surface area contributed by atoms with E-state index in [0.29, 0.717) is 30.8 Å². The predicted octanol–water partition coefficient (Wildman–Crippen LogP) is 3.88. The first-order valence-electron chi connectivity index (χ1n) is 8.73. The van der Waals surface area contributed by atoms with E-state index < -0.39 is 10.0 Å². The maximum Gasteiger partial charge on any atom is 0.235 e. The molecule has 0 saturated carbocycles. The molecule has 2 fully saturated rings. The van der Waals surface area contributed by atoms with Crippen molar-refractivity contribution in [2.75, 3.05) is 27.7 Å². The molecule has 0 radical (unpaired) electrons. The molecule has 8 heteroatoms. The first-order valence-corrected chi connectivity index (χ1v) is 12.7. The summed E-state index contributed by atoms with van der Waals surface area (Å²) < 4.78 is 25.3. The zero-order valence-corrected chi connectivity index (χ0v) is 16.6. The SMILES string of the molecule is O=C(CCCC[C@@H]1CCSS1)Nc1ccc(N2CCCS2(=O)=O)cc1. The fourth-order valence-electron chi connectivity index (χ4n) is 3.09. The number of hydrogen-bond acceptors (Lipinski definition) is 5. The number of carbonyl (C=O) groups is 1. The molecule has 2 saturated heterocycles. The molecule has 2 aliphatic heterocycles. The highest BCUT2D eigenvalue weighted by Gasteiger charge is 2.28. The van der Waals surface area contributed by atoms with E-state index in [1.165, 1.54) is 22.9 Å². The molecule has 1 aromatic carbocycles. The topological polar surface area (TPSA) is 66.5 Å². The van der Waals surface area contributed by atoms with Gasteiger partial charge in [-0.3, -0.25) is 9.10 Å². The van der Waals surface area contributed by atoms with E-state index in [4.69, 9.17) is 0 Å². The molecule has 0 aliphatic carbocycles. The van der Waals surface area contributed by atoms with Gasteiger partial charge in [0.1, 0.15) is 0 Å². The average Bonchev–Trinajstić information content (AvgIpc) is 3.21. The highest BCUT2D eigenvalue weighted by atomic mass is 33.1. The molecule has 0 spiro atoms. The van der Waals surface area contributed by atoms with Gasteiger partial charge in [0.2, 0.25) is 15.9 Å². The Morgan fingerprint density at radius 3 is 2.68 bits per heavy atom. The minimum absolute atomic E-state index is 0.0231. The van der Waals surface area contributed by atoms with E-state index in [0.717, 1.165) is 18.1 Å². The van der Waals surface area contributed by atoms with Crippen LogP contribution >= 0.6 is 21.6 Å². The van der Waals surface area contributed by atoms with Crippen molar-refractivity contribution >= 4 is 48.9 Å². The lowest BCUT2D eigenvalue weighted by atomic mass is 10.1. The molecule has 1 aromatic rings. The van der Waals surface area contributed by atoms with Gasteiger partial charge in [-0.25, -0.2) is 8.42 Å². The van der Waals surface area contributed by atoms with Gasteiger partial charge in [0.25, 0.3) is 0 Å². The summed E-state index contributed by atoms with van der Waals surface area (Å²) >= 11 is 0. The third kappa shape index (κ3) is 5.31. The van der Waals surface area contributed by atoms with Gasteiger partial charge in [0, 0.05) is 29.7 Å². The fraction of sp³-hybridized carbons (Fsp3) is 0.588. The van der Waals surface area contributed by atoms with Crippen LogP contribution in [0.15, 0.2) is 24.3 Å². The molecule has 1 amide bonds. The lowest BCUT2D eigenvalue weighted by Crippen LogP contribution is -2.24. The number of benzene rings is 1. The second-order valence-electron chi connectivity index (χ2n) is 6.41. The van der Waals surface area contributed by atoms with Crippen LogP contribution in [0.3, 0.4) is 0 Å². The number of unbranched alkanes of at least 4 members (excludes halogenated alkanes) is 1. The molecule has 2 heterocycles. The van der Waals surface area contributed by atoms with Gasteiger partial charge in [-0.2, -0.15) is 0 Å². The van der Waals surface area contributed by atoms with Crippen molar-refractivity contribution in [2.45, 2.75) is 43.8 Å². The zero-order chi connectivity index (χ0) is 17.7. The maximum absolute atomic E-state index is 12.0. The summed E-state index contributed by atoms with van der Waals surface area (Å²) in [7, 11) is 0.784. The van der Waals surface area contributed by atoms with Crippen LogP contribution in [0.5, 0.6) is 0 Å². The van der Waals surface area contributed by atoms with Gasteiger partial charge >= 0.3 is 0 Å². The third-order valence-corrected chi connectivity index (χ3v) is 9.32.